The third-order valence-electron chi connectivity index (χ3n) is 5.00. The molecule has 0 spiro atoms. The smallest absolute Gasteiger partial charge is 0.413 e. The number of methoxy groups -OCH3 is 1. The van der Waals surface area contributed by atoms with Gasteiger partial charge in [-0.25, -0.2) is 4.79 Å². The van der Waals surface area contributed by atoms with Crippen molar-refractivity contribution in [3.8, 4) is 11.5 Å². The van der Waals surface area contributed by atoms with E-state index in [1.807, 2.05) is 0 Å². The Hall–Kier alpha value is -3.07. The predicted molar refractivity (Wildman–Crippen MR) is 106 cm³/mol. The maximum absolute atomic E-state index is 12.8. The first kappa shape index (κ1) is 19.3. The lowest BCUT2D eigenvalue weighted by molar-refractivity contribution is 0.0937. The standard InChI is InChI=1S/C20H20N2O6S/c1-10-3-5-12-15(7-10)29-19(16(12)18(24)22-20(25)26-2)21-17(23)11-4-6-13-14(8-11)28-9-27-13/h4,6,8,10H,3,5,7,9H2,1-2H3,(H,21,23)(H,22,24,25). The molecule has 152 valence electrons. The Balaban J connectivity index is 1.64. The van der Waals surface area contributed by atoms with Gasteiger partial charge in [0.25, 0.3) is 11.8 Å². The van der Waals surface area contributed by atoms with Crippen molar-refractivity contribution < 1.29 is 28.6 Å². The molecule has 9 heteroatoms. The van der Waals surface area contributed by atoms with E-state index in [1.54, 1.807) is 18.2 Å². The quantitative estimate of drug-likeness (QED) is 0.795. The van der Waals surface area contributed by atoms with Gasteiger partial charge in [-0.1, -0.05) is 6.92 Å². The van der Waals surface area contributed by atoms with Crippen LogP contribution in [0.3, 0.4) is 0 Å². The van der Waals surface area contributed by atoms with E-state index in [4.69, 9.17) is 9.47 Å². The molecule has 29 heavy (non-hydrogen) atoms. The number of rotatable bonds is 3. The maximum atomic E-state index is 12.8. The summed E-state index contributed by atoms with van der Waals surface area (Å²) in [6.45, 7) is 2.27. The van der Waals surface area contributed by atoms with E-state index in [9.17, 15) is 14.4 Å². The van der Waals surface area contributed by atoms with Crippen molar-refractivity contribution in [3.63, 3.8) is 0 Å². The molecule has 8 nitrogen and oxygen atoms in total. The van der Waals surface area contributed by atoms with E-state index < -0.39 is 12.0 Å². The van der Waals surface area contributed by atoms with Crippen molar-refractivity contribution in [2.45, 2.75) is 26.2 Å². The number of imide groups is 1. The molecule has 0 fully saturated rings. The summed E-state index contributed by atoms with van der Waals surface area (Å²) >= 11 is 1.38. The van der Waals surface area contributed by atoms with E-state index in [0.717, 1.165) is 29.7 Å². The van der Waals surface area contributed by atoms with Crippen LogP contribution in [0.1, 0.15) is 44.5 Å². The van der Waals surface area contributed by atoms with Crippen LogP contribution in [0.25, 0.3) is 0 Å². The van der Waals surface area contributed by atoms with E-state index >= 15 is 0 Å². The van der Waals surface area contributed by atoms with Crippen LogP contribution in [0, 0.1) is 5.92 Å². The van der Waals surface area contributed by atoms with Crippen molar-refractivity contribution in [1.82, 2.24) is 5.32 Å². The van der Waals surface area contributed by atoms with Crippen LogP contribution in [0.5, 0.6) is 11.5 Å². The predicted octanol–water partition coefficient (Wildman–Crippen LogP) is 3.35. The third-order valence-corrected chi connectivity index (χ3v) is 6.17. The maximum Gasteiger partial charge on any atom is 0.413 e. The molecule has 3 amide bonds. The van der Waals surface area contributed by atoms with Crippen molar-refractivity contribution in [3.05, 3.63) is 39.8 Å². The van der Waals surface area contributed by atoms with Gasteiger partial charge in [-0.05, 0) is 48.9 Å². The van der Waals surface area contributed by atoms with E-state index in [1.165, 1.54) is 18.4 Å². The van der Waals surface area contributed by atoms with Crippen molar-refractivity contribution >= 4 is 34.2 Å². The van der Waals surface area contributed by atoms with Gasteiger partial charge in [-0.15, -0.1) is 11.3 Å². The molecule has 1 aliphatic carbocycles. The van der Waals surface area contributed by atoms with Gasteiger partial charge in [-0.2, -0.15) is 0 Å². The summed E-state index contributed by atoms with van der Waals surface area (Å²) in [6.07, 6.45) is 1.65. The zero-order chi connectivity index (χ0) is 20.5. The molecule has 1 aromatic heterocycles. The van der Waals surface area contributed by atoms with Gasteiger partial charge >= 0.3 is 6.09 Å². The van der Waals surface area contributed by atoms with E-state index in [0.29, 0.717) is 33.5 Å². The van der Waals surface area contributed by atoms with Crippen LogP contribution in [0.2, 0.25) is 0 Å². The van der Waals surface area contributed by atoms with E-state index in [-0.39, 0.29) is 12.7 Å². The highest BCUT2D eigenvalue weighted by atomic mass is 32.1. The van der Waals surface area contributed by atoms with Crippen LogP contribution >= 0.6 is 11.3 Å². The number of carbonyl (C=O) groups excluding carboxylic acids is 3. The van der Waals surface area contributed by atoms with Crippen molar-refractivity contribution in [2.75, 3.05) is 19.2 Å². The second-order valence-corrected chi connectivity index (χ2v) is 8.13. The molecule has 4 rings (SSSR count). The summed E-state index contributed by atoms with van der Waals surface area (Å²) in [7, 11) is 1.19. The minimum Gasteiger partial charge on any atom is -0.454 e. The first-order valence-electron chi connectivity index (χ1n) is 9.21. The molecule has 2 aromatic rings. The van der Waals surface area contributed by atoms with Gasteiger partial charge in [0.2, 0.25) is 6.79 Å². The molecule has 0 bridgehead atoms. The van der Waals surface area contributed by atoms with Gasteiger partial charge < -0.3 is 19.5 Å². The summed E-state index contributed by atoms with van der Waals surface area (Å²) in [5.41, 5.74) is 1.60. The van der Waals surface area contributed by atoms with Gasteiger partial charge in [0, 0.05) is 10.4 Å². The molecule has 2 aliphatic rings. The van der Waals surface area contributed by atoms with Crippen LogP contribution in [0.15, 0.2) is 18.2 Å². The molecule has 2 heterocycles. The van der Waals surface area contributed by atoms with Gasteiger partial charge in [0.1, 0.15) is 5.00 Å². The molecule has 0 radical (unpaired) electrons. The fourth-order valence-electron chi connectivity index (χ4n) is 3.50. The van der Waals surface area contributed by atoms with Crippen molar-refractivity contribution in [2.24, 2.45) is 5.92 Å². The molecule has 1 aromatic carbocycles. The second kappa shape index (κ2) is 7.75. The Labute approximate surface area is 171 Å². The van der Waals surface area contributed by atoms with Crippen LogP contribution in [0.4, 0.5) is 9.80 Å². The number of fused-ring (bicyclic) bond motifs is 2. The fraction of sp³-hybridized carbons (Fsp3) is 0.350. The van der Waals surface area contributed by atoms with Crippen LogP contribution in [-0.2, 0) is 17.6 Å². The average molecular weight is 416 g/mol. The first-order chi connectivity index (χ1) is 14.0. The fourth-order valence-corrected chi connectivity index (χ4v) is 4.90. The minimum absolute atomic E-state index is 0.119. The third kappa shape index (κ3) is 3.77. The Morgan fingerprint density at radius 2 is 1.97 bits per heavy atom. The summed E-state index contributed by atoms with van der Waals surface area (Å²) in [5.74, 6) is 0.628. The Morgan fingerprint density at radius 3 is 2.76 bits per heavy atom. The SMILES string of the molecule is COC(=O)NC(=O)c1c(NC(=O)c2ccc3c(c2)OCO3)sc2c1CCC(C)C2. The number of anilines is 1. The summed E-state index contributed by atoms with van der Waals surface area (Å²) < 4.78 is 15.1. The molecule has 1 unspecified atom stereocenters. The number of hydrogen-bond acceptors (Lipinski definition) is 7. The molecule has 1 atom stereocenters. The normalized spacial score (nSPS) is 16.7. The summed E-state index contributed by atoms with van der Waals surface area (Å²) in [4.78, 5) is 38.1. The molecule has 0 saturated heterocycles. The zero-order valence-electron chi connectivity index (χ0n) is 16.0. The Kier molecular flexibility index (Phi) is 5.14. The minimum atomic E-state index is -0.841. The van der Waals surface area contributed by atoms with Crippen LogP contribution < -0.4 is 20.1 Å². The topological polar surface area (TPSA) is 103 Å². The highest BCUT2D eigenvalue weighted by molar-refractivity contribution is 7.17. The number of ether oxygens (including phenoxy) is 3. The van der Waals surface area contributed by atoms with Gasteiger partial charge in [0.05, 0.1) is 12.7 Å². The second-order valence-electron chi connectivity index (χ2n) is 7.02. The molecule has 0 saturated carbocycles. The number of thiophene rings is 1. The van der Waals surface area contributed by atoms with E-state index in [2.05, 4.69) is 22.3 Å². The highest BCUT2D eigenvalue weighted by Crippen LogP contribution is 2.40. The zero-order valence-corrected chi connectivity index (χ0v) is 16.8. The number of alkyl carbamates (subject to hydrolysis) is 1. The number of hydrogen-bond donors (Lipinski definition) is 2. The molecular weight excluding hydrogens is 396 g/mol. The number of amides is 3. The van der Waals surface area contributed by atoms with Gasteiger partial charge in [-0.3, -0.25) is 14.9 Å². The Morgan fingerprint density at radius 1 is 1.17 bits per heavy atom. The number of carbonyl (C=O) groups is 3. The summed E-state index contributed by atoms with van der Waals surface area (Å²) in [6, 6.07) is 4.90. The molecular formula is C20H20N2O6S. The Bertz CT molecular complexity index is 999. The van der Waals surface area contributed by atoms with Crippen LogP contribution in [-0.4, -0.2) is 31.8 Å². The first-order valence-corrected chi connectivity index (χ1v) is 10.0. The lowest BCUT2D eigenvalue weighted by Gasteiger charge is -2.18. The molecule has 1 aliphatic heterocycles. The summed E-state index contributed by atoms with van der Waals surface area (Å²) in [5, 5.41) is 5.46. The highest BCUT2D eigenvalue weighted by Gasteiger charge is 2.29. The lowest BCUT2D eigenvalue weighted by atomic mass is 9.88. The molecule has 2 N–H and O–H groups in total. The largest absolute Gasteiger partial charge is 0.454 e. The number of benzene rings is 1. The van der Waals surface area contributed by atoms with Crippen molar-refractivity contribution in [1.29, 1.82) is 0 Å². The number of nitrogens with one attached hydrogen (secondary N) is 2. The average Bonchev–Trinajstić information content (AvgIpc) is 3.30. The monoisotopic (exact) mass is 416 g/mol. The van der Waals surface area contributed by atoms with Gasteiger partial charge in [0.15, 0.2) is 11.5 Å². The lowest BCUT2D eigenvalue weighted by Crippen LogP contribution is -2.31.